The standard InChI is InChI=1S/C24H27N5O6/c1-34-12-11-28-22(26)21(23(32)27-24(28)33)29(14-17-5-3-2-4-6-17)20(31)15-35-18-9-7-16(8-10-18)13-19(25)30/h2-10H,11-15,26H2,1H3,(H2,25,30)(H,27,32,33). The summed E-state index contributed by atoms with van der Waals surface area (Å²) in [5.41, 5.74) is 11.2. The Hall–Kier alpha value is -4.38. The van der Waals surface area contributed by atoms with Crippen molar-refractivity contribution in [2.24, 2.45) is 5.73 Å². The number of primary amides is 1. The van der Waals surface area contributed by atoms with Crippen LogP contribution in [0.1, 0.15) is 11.1 Å². The molecule has 3 aromatic rings. The van der Waals surface area contributed by atoms with Gasteiger partial charge in [-0.1, -0.05) is 42.5 Å². The molecule has 0 aliphatic carbocycles. The molecule has 0 bridgehead atoms. The van der Waals surface area contributed by atoms with Gasteiger partial charge in [0.1, 0.15) is 11.6 Å². The summed E-state index contributed by atoms with van der Waals surface area (Å²) < 4.78 is 11.8. The molecule has 11 nitrogen and oxygen atoms in total. The van der Waals surface area contributed by atoms with Crippen molar-refractivity contribution in [1.82, 2.24) is 9.55 Å². The van der Waals surface area contributed by atoms with Gasteiger partial charge in [0.05, 0.1) is 26.1 Å². The number of rotatable bonds is 11. The van der Waals surface area contributed by atoms with E-state index in [9.17, 15) is 19.2 Å². The Balaban J connectivity index is 1.90. The maximum atomic E-state index is 13.3. The largest absolute Gasteiger partial charge is 0.484 e. The molecule has 0 aliphatic rings. The van der Waals surface area contributed by atoms with Crippen molar-refractivity contribution < 1.29 is 19.1 Å². The summed E-state index contributed by atoms with van der Waals surface area (Å²) in [5.74, 6) is -0.779. The van der Waals surface area contributed by atoms with E-state index in [0.717, 1.165) is 10.1 Å². The van der Waals surface area contributed by atoms with Crippen LogP contribution in [0.25, 0.3) is 0 Å². The van der Waals surface area contributed by atoms with Gasteiger partial charge in [0.15, 0.2) is 12.3 Å². The maximum Gasteiger partial charge on any atom is 0.330 e. The smallest absolute Gasteiger partial charge is 0.330 e. The number of H-pyrrole nitrogens is 1. The Kier molecular flexibility index (Phi) is 8.41. The number of carbonyl (C=O) groups is 2. The van der Waals surface area contributed by atoms with E-state index < -0.39 is 29.7 Å². The molecule has 0 aliphatic heterocycles. The van der Waals surface area contributed by atoms with Crippen molar-refractivity contribution in [3.63, 3.8) is 0 Å². The van der Waals surface area contributed by atoms with E-state index in [2.05, 4.69) is 4.98 Å². The molecule has 0 saturated heterocycles. The number of nitrogens with one attached hydrogen (secondary N) is 1. The molecule has 1 heterocycles. The lowest BCUT2D eigenvalue weighted by molar-refractivity contribution is -0.120. The Morgan fingerprint density at radius 3 is 2.34 bits per heavy atom. The Labute approximate surface area is 200 Å². The lowest BCUT2D eigenvalue weighted by Crippen LogP contribution is -2.42. The Morgan fingerprint density at radius 1 is 1.03 bits per heavy atom. The van der Waals surface area contributed by atoms with Crippen molar-refractivity contribution in [1.29, 1.82) is 0 Å². The summed E-state index contributed by atoms with van der Waals surface area (Å²) in [6, 6.07) is 15.6. The summed E-state index contributed by atoms with van der Waals surface area (Å²) in [6.07, 6.45) is 0.0882. The second kappa shape index (κ2) is 11.7. The van der Waals surface area contributed by atoms with Gasteiger partial charge in [-0.2, -0.15) is 0 Å². The predicted octanol–water partition coefficient (Wildman–Crippen LogP) is 0.405. The SMILES string of the molecule is COCCn1c(N)c(N(Cc2ccccc2)C(=O)COc2ccc(CC(N)=O)cc2)c(=O)[nH]c1=O. The Bertz CT molecular complexity index is 1280. The van der Waals surface area contributed by atoms with Crippen LogP contribution in [0.2, 0.25) is 0 Å². The molecule has 0 fully saturated rings. The van der Waals surface area contributed by atoms with Crippen LogP contribution in [0.5, 0.6) is 5.75 Å². The minimum atomic E-state index is -0.791. The number of aromatic amines is 1. The van der Waals surface area contributed by atoms with Gasteiger partial charge < -0.3 is 20.9 Å². The molecule has 2 aromatic carbocycles. The second-order valence-electron chi connectivity index (χ2n) is 7.68. The van der Waals surface area contributed by atoms with Gasteiger partial charge in [0.25, 0.3) is 11.5 Å². The second-order valence-corrected chi connectivity index (χ2v) is 7.68. The normalized spacial score (nSPS) is 10.7. The summed E-state index contributed by atoms with van der Waals surface area (Å²) in [5, 5.41) is 0. The first kappa shape index (κ1) is 25.2. The number of nitrogen functional groups attached to an aromatic ring is 1. The zero-order chi connectivity index (χ0) is 25.4. The highest BCUT2D eigenvalue weighted by atomic mass is 16.5. The summed E-state index contributed by atoms with van der Waals surface area (Å²) >= 11 is 0. The molecule has 0 saturated carbocycles. The summed E-state index contributed by atoms with van der Waals surface area (Å²) in [7, 11) is 1.47. The van der Waals surface area contributed by atoms with Gasteiger partial charge in [-0.25, -0.2) is 4.79 Å². The van der Waals surface area contributed by atoms with Crippen LogP contribution < -0.4 is 32.4 Å². The number of ether oxygens (including phenoxy) is 2. The number of benzene rings is 2. The molecule has 184 valence electrons. The van der Waals surface area contributed by atoms with E-state index in [0.29, 0.717) is 11.3 Å². The predicted molar refractivity (Wildman–Crippen MR) is 130 cm³/mol. The molecule has 5 N–H and O–H groups in total. The zero-order valence-corrected chi connectivity index (χ0v) is 19.2. The molecular formula is C24H27N5O6. The van der Waals surface area contributed by atoms with Gasteiger partial charge in [-0.3, -0.25) is 28.8 Å². The fourth-order valence-corrected chi connectivity index (χ4v) is 3.43. The monoisotopic (exact) mass is 481 g/mol. The first-order chi connectivity index (χ1) is 16.8. The van der Waals surface area contributed by atoms with E-state index in [1.54, 1.807) is 48.5 Å². The molecule has 2 amide bonds. The number of hydrogen-bond donors (Lipinski definition) is 3. The van der Waals surface area contributed by atoms with Gasteiger partial charge in [0, 0.05) is 7.11 Å². The number of carbonyl (C=O) groups excluding carboxylic acids is 2. The van der Waals surface area contributed by atoms with Gasteiger partial charge in [-0.15, -0.1) is 0 Å². The first-order valence-corrected chi connectivity index (χ1v) is 10.8. The highest BCUT2D eigenvalue weighted by Gasteiger charge is 2.25. The van der Waals surface area contributed by atoms with Crippen LogP contribution in [-0.4, -0.2) is 41.7 Å². The van der Waals surface area contributed by atoms with E-state index >= 15 is 0 Å². The summed E-state index contributed by atoms with van der Waals surface area (Å²) in [6.45, 7) is -0.113. The van der Waals surface area contributed by atoms with Crippen LogP contribution in [0, 0.1) is 0 Å². The molecule has 0 unspecified atom stereocenters. The Morgan fingerprint density at radius 2 is 1.71 bits per heavy atom. The number of hydrogen-bond acceptors (Lipinski definition) is 7. The highest BCUT2D eigenvalue weighted by Crippen LogP contribution is 2.20. The highest BCUT2D eigenvalue weighted by molar-refractivity contribution is 5.96. The van der Waals surface area contributed by atoms with Crippen LogP contribution in [0.4, 0.5) is 11.5 Å². The number of anilines is 2. The topological polar surface area (TPSA) is 163 Å². The van der Waals surface area contributed by atoms with Crippen LogP contribution in [-0.2, 0) is 33.8 Å². The number of methoxy groups -OCH3 is 1. The molecule has 0 radical (unpaired) electrons. The fourth-order valence-electron chi connectivity index (χ4n) is 3.43. The third-order valence-corrected chi connectivity index (χ3v) is 5.15. The molecule has 35 heavy (non-hydrogen) atoms. The van der Waals surface area contributed by atoms with Gasteiger partial charge in [0.2, 0.25) is 5.91 Å². The molecule has 11 heteroatoms. The maximum absolute atomic E-state index is 13.3. The van der Waals surface area contributed by atoms with Gasteiger partial charge in [-0.05, 0) is 23.3 Å². The quantitative estimate of drug-likeness (QED) is 0.357. The van der Waals surface area contributed by atoms with Crippen molar-refractivity contribution in [3.8, 4) is 5.75 Å². The molecule has 3 rings (SSSR count). The van der Waals surface area contributed by atoms with E-state index in [4.69, 9.17) is 20.9 Å². The van der Waals surface area contributed by atoms with Crippen molar-refractivity contribution >= 4 is 23.3 Å². The van der Waals surface area contributed by atoms with E-state index in [-0.39, 0.29) is 37.6 Å². The van der Waals surface area contributed by atoms with Gasteiger partial charge >= 0.3 is 5.69 Å². The number of aromatic nitrogens is 2. The van der Waals surface area contributed by atoms with Crippen molar-refractivity contribution in [2.45, 2.75) is 19.5 Å². The van der Waals surface area contributed by atoms with E-state index in [1.807, 2.05) is 6.07 Å². The van der Waals surface area contributed by atoms with Crippen LogP contribution in [0.3, 0.4) is 0 Å². The fraction of sp³-hybridized carbons (Fsp3) is 0.250. The number of nitrogens with two attached hydrogens (primary N) is 2. The molecule has 0 atom stereocenters. The number of amides is 2. The molecule has 0 spiro atoms. The van der Waals surface area contributed by atoms with Crippen molar-refractivity contribution in [3.05, 3.63) is 86.6 Å². The third kappa shape index (κ3) is 6.58. The lowest BCUT2D eigenvalue weighted by atomic mass is 10.1. The minimum Gasteiger partial charge on any atom is -0.484 e. The van der Waals surface area contributed by atoms with Crippen molar-refractivity contribution in [2.75, 3.05) is 31.0 Å². The van der Waals surface area contributed by atoms with Crippen LogP contribution >= 0.6 is 0 Å². The minimum absolute atomic E-state index is 0.0242. The van der Waals surface area contributed by atoms with E-state index in [1.165, 1.54) is 12.0 Å². The summed E-state index contributed by atoms with van der Waals surface area (Å²) in [4.78, 5) is 52.8. The number of nitrogens with zero attached hydrogens (tertiary/aromatic N) is 2. The average Bonchev–Trinajstić information content (AvgIpc) is 2.83. The average molecular weight is 482 g/mol. The lowest BCUT2D eigenvalue weighted by Gasteiger charge is -2.24. The third-order valence-electron chi connectivity index (χ3n) is 5.15. The zero-order valence-electron chi connectivity index (χ0n) is 19.2. The first-order valence-electron chi connectivity index (χ1n) is 10.8. The molecular weight excluding hydrogens is 454 g/mol. The van der Waals surface area contributed by atoms with Crippen LogP contribution in [0.15, 0.2) is 64.2 Å². The molecule has 1 aromatic heterocycles.